The molecule has 1 nitrogen and oxygen atoms in total. The van der Waals surface area contributed by atoms with Gasteiger partial charge in [-0.2, -0.15) is 0 Å². The van der Waals surface area contributed by atoms with Crippen molar-refractivity contribution in [2.45, 2.75) is 44.4 Å². The molecule has 154 valence electrons. The topological polar surface area (TPSA) is 9.23 Å². The van der Waals surface area contributed by atoms with Gasteiger partial charge in [0.05, 0.1) is 12.7 Å². The lowest BCUT2D eigenvalue weighted by Crippen LogP contribution is -2.30. The second-order valence-corrected chi connectivity index (χ2v) is 8.55. The van der Waals surface area contributed by atoms with Gasteiger partial charge in [0.25, 0.3) is 0 Å². The van der Waals surface area contributed by atoms with Crippen LogP contribution in [0.5, 0.6) is 5.75 Å². The number of benzene rings is 2. The van der Waals surface area contributed by atoms with Crippen LogP contribution < -0.4 is 4.74 Å². The maximum absolute atomic E-state index is 14.9. The van der Waals surface area contributed by atoms with Gasteiger partial charge in [-0.25, -0.2) is 13.2 Å². The third-order valence-corrected chi connectivity index (χ3v) is 6.96. The van der Waals surface area contributed by atoms with E-state index < -0.39 is 17.5 Å². The van der Waals surface area contributed by atoms with Gasteiger partial charge in [0, 0.05) is 0 Å². The largest absolute Gasteiger partial charge is 0.494 e. The summed E-state index contributed by atoms with van der Waals surface area (Å²) in [5.74, 6) is 0.277. The fraction of sp³-hybridized carbons (Fsp3) is 0.440. The van der Waals surface area contributed by atoms with E-state index in [2.05, 4.69) is 12.7 Å². The summed E-state index contributed by atoms with van der Waals surface area (Å²) in [5, 5.41) is 0. The Morgan fingerprint density at radius 2 is 1.59 bits per heavy atom. The molecule has 4 heteroatoms. The van der Waals surface area contributed by atoms with Gasteiger partial charge in [0.1, 0.15) is 11.6 Å². The summed E-state index contributed by atoms with van der Waals surface area (Å²) in [4.78, 5) is 0. The van der Waals surface area contributed by atoms with Crippen LogP contribution in [0.15, 0.2) is 43.0 Å². The molecule has 0 bridgehead atoms. The summed E-state index contributed by atoms with van der Waals surface area (Å²) in [6.07, 6.45) is 8.67. The van der Waals surface area contributed by atoms with E-state index in [0.29, 0.717) is 17.8 Å². The molecule has 2 saturated carbocycles. The van der Waals surface area contributed by atoms with E-state index in [0.717, 1.165) is 30.9 Å². The Kier molecular flexibility index (Phi) is 5.71. The highest BCUT2D eigenvalue weighted by Gasteiger charge is 2.35. The van der Waals surface area contributed by atoms with Crippen LogP contribution in [0, 0.1) is 35.2 Å². The molecule has 0 N–H and O–H groups in total. The molecular weight excluding hydrogens is 373 g/mol. The van der Waals surface area contributed by atoms with Gasteiger partial charge >= 0.3 is 0 Å². The molecule has 0 saturated heterocycles. The summed E-state index contributed by atoms with van der Waals surface area (Å²) in [7, 11) is 1.35. The molecule has 4 unspecified atom stereocenters. The zero-order valence-electron chi connectivity index (χ0n) is 16.8. The smallest absolute Gasteiger partial charge is 0.165 e. The second-order valence-electron chi connectivity index (χ2n) is 8.55. The number of hydrogen-bond acceptors (Lipinski definition) is 1. The van der Waals surface area contributed by atoms with E-state index in [1.165, 1.54) is 50.6 Å². The van der Waals surface area contributed by atoms with E-state index in [4.69, 9.17) is 4.74 Å². The van der Waals surface area contributed by atoms with Gasteiger partial charge in [0.15, 0.2) is 11.6 Å². The van der Waals surface area contributed by atoms with Crippen molar-refractivity contribution in [2.24, 2.45) is 17.8 Å². The van der Waals surface area contributed by atoms with Crippen molar-refractivity contribution < 1.29 is 17.9 Å². The molecule has 29 heavy (non-hydrogen) atoms. The molecule has 4 atom stereocenters. The average Bonchev–Trinajstić information content (AvgIpc) is 2.72. The van der Waals surface area contributed by atoms with E-state index in [-0.39, 0.29) is 22.8 Å². The van der Waals surface area contributed by atoms with Gasteiger partial charge in [-0.15, -0.1) is 6.58 Å². The first-order valence-electron chi connectivity index (χ1n) is 10.5. The minimum Gasteiger partial charge on any atom is -0.494 e. The van der Waals surface area contributed by atoms with Crippen molar-refractivity contribution in [1.29, 1.82) is 0 Å². The highest BCUT2D eigenvalue weighted by molar-refractivity contribution is 5.66. The number of methoxy groups -OCH3 is 1. The minimum absolute atomic E-state index is 0.0501. The Morgan fingerprint density at radius 3 is 2.24 bits per heavy atom. The van der Waals surface area contributed by atoms with Crippen LogP contribution in [0.1, 0.15) is 50.0 Å². The predicted molar refractivity (Wildman–Crippen MR) is 109 cm³/mol. The number of hydrogen-bond donors (Lipinski definition) is 0. The normalized spacial score (nSPS) is 26.6. The summed E-state index contributed by atoms with van der Waals surface area (Å²) in [6.45, 7) is 3.94. The lowest BCUT2D eigenvalue weighted by atomic mass is 9.64. The molecule has 2 aromatic carbocycles. The molecule has 4 rings (SSSR count). The number of halogens is 3. The molecule has 2 aromatic rings. The van der Waals surface area contributed by atoms with Crippen LogP contribution in [0.2, 0.25) is 0 Å². The molecule has 0 aliphatic heterocycles. The Labute approximate surface area is 170 Å². The lowest BCUT2D eigenvalue weighted by molar-refractivity contribution is 0.133. The van der Waals surface area contributed by atoms with Gasteiger partial charge in [0.2, 0.25) is 0 Å². The lowest BCUT2D eigenvalue weighted by Gasteiger charge is -2.41. The third kappa shape index (κ3) is 3.94. The van der Waals surface area contributed by atoms with Crippen molar-refractivity contribution in [1.82, 2.24) is 0 Å². The van der Waals surface area contributed by atoms with Crippen LogP contribution in [0.25, 0.3) is 11.1 Å². The molecule has 0 aromatic heterocycles. The zero-order valence-corrected chi connectivity index (χ0v) is 16.8. The molecule has 2 aliphatic carbocycles. The molecule has 0 spiro atoms. The van der Waals surface area contributed by atoms with Gasteiger partial charge in [-0.1, -0.05) is 12.1 Å². The first-order valence-corrected chi connectivity index (χ1v) is 10.5. The quantitative estimate of drug-likeness (QED) is 0.491. The predicted octanol–water partition coefficient (Wildman–Crippen LogP) is 7.27. The van der Waals surface area contributed by atoms with Crippen molar-refractivity contribution in [3.8, 4) is 16.9 Å². The van der Waals surface area contributed by atoms with E-state index in [9.17, 15) is 13.2 Å². The SMILES string of the molecule is C=CC1CCC2CC(c3cc(F)c(-c4ccc(OC)c(F)c4)c(F)c3)CCC2C1. The summed E-state index contributed by atoms with van der Waals surface area (Å²) >= 11 is 0. The fourth-order valence-electron chi connectivity index (χ4n) is 5.37. The monoisotopic (exact) mass is 400 g/mol. The van der Waals surface area contributed by atoms with Crippen molar-refractivity contribution in [2.75, 3.05) is 7.11 Å². The molecule has 0 amide bonds. The standard InChI is InChI=1S/C25H27F3O/c1-3-15-4-5-17-11-18(7-6-16(17)10-15)20-13-22(27)25(23(28)14-20)19-8-9-24(29-2)21(26)12-19/h3,8-9,12-18H,1,4-7,10-11H2,2H3. The van der Waals surface area contributed by atoms with E-state index >= 15 is 0 Å². The third-order valence-electron chi connectivity index (χ3n) is 6.96. The minimum atomic E-state index is -0.638. The first-order chi connectivity index (χ1) is 14.0. The zero-order chi connectivity index (χ0) is 20.5. The van der Waals surface area contributed by atoms with Crippen molar-refractivity contribution >= 4 is 0 Å². The number of allylic oxidation sites excluding steroid dienone is 1. The van der Waals surface area contributed by atoms with Crippen LogP contribution >= 0.6 is 0 Å². The van der Waals surface area contributed by atoms with E-state index in [1.54, 1.807) is 0 Å². The highest BCUT2D eigenvalue weighted by atomic mass is 19.1. The maximum Gasteiger partial charge on any atom is 0.165 e. The van der Waals surface area contributed by atoms with Gasteiger partial charge in [-0.05, 0) is 97.6 Å². The Bertz CT molecular complexity index is 884. The van der Waals surface area contributed by atoms with Gasteiger partial charge < -0.3 is 4.74 Å². The fourth-order valence-corrected chi connectivity index (χ4v) is 5.37. The number of ether oxygens (including phenoxy) is 1. The average molecular weight is 400 g/mol. The Balaban J connectivity index is 1.56. The van der Waals surface area contributed by atoms with E-state index in [1.807, 2.05) is 0 Å². The molecule has 0 heterocycles. The maximum atomic E-state index is 14.9. The summed E-state index contributed by atoms with van der Waals surface area (Å²) < 4.78 is 48.7. The summed E-state index contributed by atoms with van der Waals surface area (Å²) in [5.41, 5.74) is 0.716. The number of rotatable bonds is 4. The molecule has 2 fully saturated rings. The van der Waals surface area contributed by atoms with Gasteiger partial charge in [-0.3, -0.25) is 0 Å². The summed E-state index contributed by atoms with van der Waals surface area (Å²) in [6, 6.07) is 6.87. The van der Waals surface area contributed by atoms with Crippen LogP contribution in [-0.4, -0.2) is 7.11 Å². The highest BCUT2D eigenvalue weighted by Crippen LogP contribution is 2.48. The number of fused-ring (bicyclic) bond motifs is 1. The van der Waals surface area contributed by atoms with Crippen molar-refractivity contribution in [3.63, 3.8) is 0 Å². The molecular formula is C25H27F3O. The molecule has 2 aliphatic rings. The second kappa shape index (κ2) is 8.25. The van der Waals surface area contributed by atoms with Crippen LogP contribution in [0.3, 0.4) is 0 Å². The Morgan fingerprint density at radius 1 is 0.897 bits per heavy atom. The van der Waals surface area contributed by atoms with Crippen LogP contribution in [0.4, 0.5) is 13.2 Å². The van der Waals surface area contributed by atoms with Crippen molar-refractivity contribution in [3.05, 3.63) is 66.0 Å². The molecule has 0 radical (unpaired) electrons. The Hall–Kier alpha value is -2.23. The first kappa shape index (κ1) is 20.1. The van der Waals surface area contributed by atoms with Crippen LogP contribution in [-0.2, 0) is 0 Å².